The fraction of sp³-hybridized carbons (Fsp3) is 0.263. The average Bonchev–Trinajstić information content (AvgIpc) is 2.54. The first-order valence-electron chi connectivity index (χ1n) is 7.74. The Morgan fingerprint density at radius 1 is 1.00 bits per heavy atom. The minimum atomic E-state index is -4.33. The molecule has 0 fully saturated rings. The standard InChI is InChI=1S/C19H18F3NO/c20-19(21,22)17-8-6-15(7-9-17)16-10-18(24)13-23(12-16)11-14-4-2-1-3-5-14/h1-10,18,24H,11-13H2. The zero-order valence-electron chi connectivity index (χ0n) is 13.0. The number of β-amino-alcohol motifs (C(OH)–C–C–N with tert-alkyl or cyclic N) is 1. The summed E-state index contributed by atoms with van der Waals surface area (Å²) in [5.74, 6) is 0. The first-order valence-corrected chi connectivity index (χ1v) is 7.74. The third-order valence-electron chi connectivity index (χ3n) is 4.06. The molecule has 1 unspecified atom stereocenters. The van der Waals surface area contributed by atoms with E-state index in [1.54, 1.807) is 6.08 Å². The van der Waals surface area contributed by atoms with E-state index in [2.05, 4.69) is 4.90 Å². The minimum Gasteiger partial charge on any atom is -0.388 e. The van der Waals surface area contributed by atoms with Crippen LogP contribution in [0.15, 0.2) is 60.7 Å². The van der Waals surface area contributed by atoms with Crippen molar-refractivity contribution >= 4 is 5.57 Å². The number of aliphatic hydroxyl groups is 1. The van der Waals surface area contributed by atoms with E-state index >= 15 is 0 Å². The van der Waals surface area contributed by atoms with Crippen molar-refractivity contribution < 1.29 is 18.3 Å². The maximum Gasteiger partial charge on any atom is 0.416 e. The number of rotatable bonds is 3. The fourth-order valence-corrected chi connectivity index (χ4v) is 2.93. The molecule has 5 heteroatoms. The highest BCUT2D eigenvalue weighted by molar-refractivity contribution is 5.68. The highest BCUT2D eigenvalue weighted by Crippen LogP contribution is 2.31. The van der Waals surface area contributed by atoms with Crippen molar-refractivity contribution in [3.05, 3.63) is 77.4 Å². The lowest BCUT2D eigenvalue weighted by Gasteiger charge is -2.30. The maximum atomic E-state index is 12.7. The quantitative estimate of drug-likeness (QED) is 0.919. The summed E-state index contributed by atoms with van der Waals surface area (Å²) in [6.07, 6.45) is -3.23. The van der Waals surface area contributed by atoms with Crippen LogP contribution in [0, 0.1) is 0 Å². The number of benzene rings is 2. The lowest BCUT2D eigenvalue weighted by molar-refractivity contribution is -0.137. The summed E-state index contributed by atoms with van der Waals surface area (Å²) in [6, 6.07) is 15.0. The topological polar surface area (TPSA) is 23.5 Å². The number of hydrogen-bond acceptors (Lipinski definition) is 2. The van der Waals surface area contributed by atoms with Crippen LogP contribution in [0.2, 0.25) is 0 Å². The summed E-state index contributed by atoms with van der Waals surface area (Å²) in [7, 11) is 0. The Morgan fingerprint density at radius 3 is 2.29 bits per heavy atom. The van der Waals surface area contributed by atoms with Gasteiger partial charge in [0, 0.05) is 19.6 Å². The van der Waals surface area contributed by atoms with Gasteiger partial charge < -0.3 is 5.11 Å². The van der Waals surface area contributed by atoms with Gasteiger partial charge in [0.05, 0.1) is 11.7 Å². The number of halogens is 3. The van der Waals surface area contributed by atoms with Crippen molar-refractivity contribution in [1.29, 1.82) is 0 Å². The van der Waals surface area contributed by atoms with Crippen LogP contribution in [-0.4, -0.2) is 29.2 Å². The first kappa shape index (κ1) is 16.7. The molecule has 0 bridgehead atoms. The van der Waals surface area contributed by atoms with E-state index in [1.807, 2.05) is 30.3 Å². The van der Waals surface area contributed by atoms with Crippen LogP contribution >= 0.6 is 0 Å². The van der Waals surface area contributed by atoms with Gasteiger partial charge in [0.25, 0.3) is 0 Å². The molecule has 0 saturated carbocycles. The first-order chi connectivity index (χ1) is 11.4. The Kier molecular flexibility index (Phi) is 4.73. The van der Waals surface area contributed by atoms with Crippen molar-refractivity contribution in [2.24, 2.45) is 0 Å². The molecule has 0 aliphatic carbocycles. The van der Waals surface area contributed by atoms with Crippen molar-refractivity contribution in [3.8, 4) is 0 Å². The molecule has 0 spiro atoms. The highest BCUT2D eigenvalue weighted by atomic mass is 19.4. The monoisotopic (exact) mass is 333 g/mol. The lowest BCUT2D eigenvalue weighted by Crippen LogP contribution is -2.36. The lowest BCUT2D eigenvalue weighted by atomic mass is 9.98. The van der Waals surface area contributed by atoms with Crippen LogP contribution in [0.25, 0.3) is 5.57 Å². The summed E-state index contributed by atoms with van der Waals surface area (Å²) in [5, 5.41) is 10.1. The predicted molar refractivity (Wildman–Crippen MR) is 87.1 cm³/mol. The molecular weight excluding hydrogens is 315 g/mol. The summed E-state index contributed by atoms with van der Waals surface area (Å²) in [5.41, 5.74) is 2.03. The van der Waals surface area contributed by atoms with Crippen LogP contribution in [0.1, 0.15) is 16.7 Å². The van der Waals surface area contributed by atoms with Crippen molar-refractivity contribution in [1.82, 2.24) is 4.90 Å². The molecule has 1 aliphatic rings. The zero-order valence-corrected chi connectivity index (χ0v) is 13.0. The summed E-state index contributed by atoms with van der Waals surface area (Å²) >= 11 is 0. The van der Waals surface area contributed by atoms with Crippen LogP contribution in [0.5, 0.6) is 0 Å². The summed E-state index contributed by atoms with van der Waals surface area (Å²) < 4.78 is 38.0. The summed E-state index contributed by atoms with van der Waals surface area (Å²) in [4.78, 5) is 2.09. The van der Waals surface area contributed by atoms with E-state index in [0.717, 1.165) is 23.3 Å². The van der Waals surface area contributed by atoms with E-state index in [-0.39, 0.29) is 0 Å². The van der Waals surface area contributed by atoms with Gasteiger partial charge in [-0.2, -0.15) is 13.2 Å². The molecular formula is C19H18F3NO. The van der Waals surface area contributed by atoms with E-state index < -0.39 is 17.8 Å². The Hall–Kier alpha value is -2.11. The number of aliphatic hydroxyl groups excluding tert-OH is 1. The van der Waals surface area contributed by atoms with E-state index in [9.17, 15) is 18.3 Å². The molecule has 1 N–H and O–H groups in total. The smallest absolute Gasteiger partial charge is 0.388 e. The van der Waals surface area contributed by atoms with E-state index in [1.165, 1.54) is 12.1 Å². The second-order valence-corrected chi connectivity index (χ2v) is 5.99. The molecule has 2 aromatic rings. The molecule has 0 saturated heterocycles. The van der Waals surface area contributed by atoms with Gasteiger partial charge in [-0.25, -0.2) is 0 Å². The van der Waals surface area contributed by atoms with Crippen molar-refractivity contribution in [2.75, 3.05) is 13.1 Å². The van der Waals surface area contributed by atoms with Gasteiger partial charge in [0.1, 0.15) is 0 Å². The fourth-order valence-electron chi connectivity index (χ4n) is 2.93. The van der Waals surface area contributed by atoms with Gasteiger partial charge in [-0.05, 0) is 34.9 Å². The minimum absolute atomic E-state index is 0.513. The second-order valence-electron chi connectivity index (χ2n) is 5.99. The molecule has 0 aromatic heterocycles. The van der Waals surface area contributed by atoms with E-state index in [4.69, 9.17) is 0 Å². The predicted octanol–water partition coefficient (Wildman–Crippen LogP) is 3.97. The Morgan fingerprint density at radius 2 is 1.67 bits per heavy atom. The van der Waals surface area contributed by atoms with Crippen LogP contribution in [-0.2, 0) is 12.7 Å². The van der Waals surface area contributed by atoms with Crippen LogP contribution in [0.4, 0.5) is 13.2 Å². The molecule has 24 heavy (non-hydrogen) atoms. The summed E-state index contributed by atoms with van der Waals surface area (Å²) in [6.45, 7) is 1.80. The third kappa shape index (κ3) is 4.04. The molecule has 2 aromatic carbocycles. The molecule has 0 amide bonds. The molecule has 0 radical (unpaired) electrons. The molecule has 126 valence electrons. The van der Waals surface area contributed by atoms with Crippen LogP contribution < -0.4 is 0 Å². The van der Waals surface area contributed by atoms with Gasteiger partial charge in [0.15, 0.2) is 0 Å². The molecule has 2 nitrogen and oxygen atoms in total. The average molecular weight is 333 g/mol. The third-order valence-corrected chi connectivity index (χ3v) is 4.06. The van der Waals surface area contributed by atoms with Crippen molar-refractivity contribution in [3.63, 3.8) is 0 Å². The zero-order chi connectivity index (χ0) is 17.2. The van der Waals surface area contributed by atoms with Gasteiger partial charge in [-0.15, -0.1) is 0 Å². The van der Waals surface area contributed by atoms with Crippen LogP contribution in [0.3, 0.4) is 0 Å². The van der Waals surface area contributed by atoms with E-state index in [0.29, 0.717) is 25.2 Å². The van der Waals surface area contributed by atoms with Gasteiger partial charge in [-0.3, -0.25) is 4.90 Å². The highest BCUT2D eigenvalue weighted by Gasteiger charge is 2.30. The molecule has 1 heterocycles. The van der Waals surface area contributed by atoms with Gasteiger partial charge >= 0.3 is 6.18 Å². The Bertz CT molecular complexity index is 708. The second kappa shape index (κ2) is 6.79. The molecule has 1 aliphatic heterocycles. The normalized spacial score (nSPS) is 19.2. The van der Waals surface area contributed by atoms with Gasteiger partial charge in [-0.1, -0.05) is 42.5 Å². The Balaban J connectivity index is 1.75. The molecule has 1 atom stereocenters. The van der Waals surface area contributed by atoms with Gasteiger partial charge in [0.2, 0.25) is 0 Å². The largest absolute Gasteiger partial charge is 0.416 e. The number of nitrogens with zero attached hydrogens (tertiary/aromatic N) is 1. The van der Waals surface area contributed by atoms with Crippen molar-refractivity contribution in [2.45, 2.75) is 18.8 Å². The molecule has 3 rings (SSSR count). The number of hydrogen-bond donors (Lipinski definition) is 1. The Labute approximate surface area is 138 Å². The SMILES string of the molecule is OC1C=C(c2ccc(C(F)(F)F)cc2)CN(Cc2ccccc2)C1. The number of alkyl halides is 3. The maximum absolute atomic E-state index is 12.7.